The van der Waals surface area contributed by atoms with Crippen molar-refractivity contribution in [1.29, 1.82) is 0 Å². The number of likely N-dealkylation sites (N-methyl/N-ethyl adjacent to an activating group) is 1. The van der Waals surface area contributed by atoms with Crippen molar-refractivity contribution in [3.63, 3.8) is 0 Å². The lowest BCUT2D eigenvalue weighted by atomic mass is 9.87. The van der Waals surface area contributed by atoms with Crippen LogP contribution < -0.4 is 10.6 Å². The van der Waals surface area contributed by atoms with Gasteiger partial charge >= 0.3 is 0 Å². The Kier molecular flexibility index (Phi) is 5.45. The maximum atomic E-state index is 11.7. The zero-order valence-electron chi connectivity index (χ0n) is 11.6. The molecule has 18 heavy (non-hydrogen) atoms. The minimum atomic E-state index is 0.163. The van der Waals surface area contributed by atoms with Crippen LogP contribution in [0.25, 0.3) is 0 Å². The summed E-state index contributed by atoms with van der Waals surface area (Å²) in [5.74, 6) is 0.949. The Bertz CT molecular complexity index is 264. The molecule has 0 bridgehead atoms. The van der Waals surface area contributed by atoms with Crippen LogP contribution in [0.15, 0.2) is 0 Å². The summed E-state index contributed by atoms with van der Waals surface area (Å²) in [5.41, 5.74) is 0. The summed E-state index contributed by atoms with van der Waals surface area (Å²) in [7, 11) is 1.74. The van der Waals surface area contributed by atoms with Crippen LogP contribution in [-0.4, -0.2) is 50.1 Å². The van der Waals surface area contributed by atoms with Gasteiger partial charge in [0.1, 0.15) is 0 Å². The highest BCUT2D eigenvalue weighted by Gasteiger charge is 2.30. The first-order valence-corrected chi connectivity index (χ1v) is 7.46. The largest absolute Gasteiger partial charge is 0.358 e. The molecule has 4 nitrogen and oxygen atoms in total. The van der Waals surface area contributed by atoms with Gasteiger partial charge in [0.25, 0.3) is 0 Å². The third-order valence-corrected chi connectivity index (χ3v) is 4.47. The number of rotatable bonds is 3. The lowest BCUT2D eigenvalue weighted by Gasteiger charge is -2.37. The smallest absolute Gasteiger partial charge is 0.233 e. The van der Waals surface area contributed by atoms with Crippen LogP contribution in [0.2, 0.25) is 0 Å². The standard InChI is InChI=1S/C14H27N3O/c1-15-14(18)11-17-10-4-2-3-5-13(17)12-6-8-16-9-7-12/h12-13,16H,2-11H2,1H3,(H,15,18). The van der Waals surface area contributed by atoms with Gasteiger partial charge in [0.05, 0.1) is 6.54 Å². The van der Waals surface area contributed by atoms with Crippen LogP contribution >= 0.6 is 0 Å². The van der Waals surface area contributed by atoms with Crippen LogP contribution in [0, 0.1) is 5.92 Å². The normalized spacial score (nSPS) is 27.7. The molecule has 0 radical (unpaired) electrons. The highest BCUT2D eigenvalue weighted by atomic mass is 16.1. The highest BCUT2D eigenvalue weighted by Crippen LogP contribution is 2.27. The molecule has 2 saturated heterocycles. The van der Waals surface area contributed by atoms with E-state index in [1.54, 1.807) is 7.05 Å². The molecule has 1 unspecified atom stereocenters. The quantitative estimate of drug-likeness (QED) is 0.788. The van der Waals surface area contributed by atoms with Crippen LogP contribution in [0.5, 0.6) is 0 Å². The van der Waals surface area contributed by atoms with Crippen molar-refractivity contribution in [2.75, 3.05) is 33.2 Å². The first-order valence-electron chi connectivity index (χ1n) is 7.46. The van der Waals surface area contributed by atoms with E-state index < -0.39 is 0 Å². The summed E-state index contributed by atoms with van der Waals surface area (Å²) >= 11 is 0. The maximum Gasteiger partial charge on any atom is 0.233 e. The van der Waals surface area contributed by atoms with Gasteiger partial charge in [0, 0.05) is 13.1 Å². The second-order valence-corrected chi connectivity index (χ2v) is 5.65. The lowest BCUT2D eigenvalue weighted by molar-refractivity contribution is -0.122. The number of likely N-dealkylation sites (tertiary alicyclic amines) is 1. The minimum Gasteiger partial charge on any atom is -0.358 e. The Morgan fingerprint density at radius 2 is 2.00 bits per heavy atom. The van der Waals surface area contributed by atoms with Crippen molar-refractivity contribution >= 4 is 5.91 Å². The molecule has 2 heterocycles. The van der Waals surface area contributed by atoms with Gasteiger partial charge < -0.3 is 10.6 Å². The van der Waals surface area contributed by atoms with Gasteiger partial charge in [-0.1, -0.05) is 12.8 Å². The predicted octanol–water partition coefficient (Wildman–Crippen LogP) is 0.977. The fraction of sp³-hybridized carbons (Fsp3) is 0.929. The third kappa shape index (κ3) is 3.69. The van der Waals surface area contributed by atoms with E-state index in [9.17, 15) is 4.79 Å². The monoisotopic (exact) mass is 253 g/mol. The predicted molar refractivity (Wildman–Crippen MR) is 73.5 cm³/mol. The maximum absolute atomic E-state index is 11.7. The Labute approximate surface area is 110 Å². The summed E-state index contributed by atoms with van der Waals surface area (Å²) < 4.78 is 0. The molecule has 1 atom stereocenters. The van der Waals surface area contributed by atoms with E-state index in [0.29, 0.717) is 12.6 Å². The second-order valence-electron chi connectivity index (χ2n) is 5.65. The fourth-order valence-electron chi connectivity index (χ4n) is 3.42. The number of hydrogen-bond acceptors (Lipinski definition) is 3. The lowest BCUT2D eigenvalue weighted by Crippen LogP contribution is -2.47. The van der Waals surface area contributed by atoms with E-state index >= 15 is 0 Å². The Balaban J connectivity index is 1.98. The second kappa shape index (κ2) is 7.10. The first kappa shape index (κ1) is 13.8. The van der Waals surface area contributed by atoms with Gasteiger partial charge in [-0.3, -0.25) is 9.69 Å². The number of piperidine rings is 1. The molecule has 1 amide bonds. The van der Waals surface area contributed by atoms with Gasteiger partial charge in [-0.15, -0.1) is 0 Å². The molecule has 0 aromatic rings. The minimum absolute atomic E-state index is 0.163. The van der Waals surface area contributed by atoms with Crippen LogP contribution in [-0.2, 0) is 4.79 Å². The Morgan fingerprint density at radius 3 is 2.72 bits per heavy atom. The first-order chi connectivity index (χ1) is 8.81. The van der Waals surface area contributed by atoms with Gasteiger partial charge in [-0.05, 0) is 51.2 Å². The molecule has 2 aliphatic heterocycles. The molecule has 2 aliphatic rings. The van der Waals surface area contributed by atoms with Crippen LogP contribution in [0.4, 0.5) is 0 Å². The number of amides is 1. The van der Waals surface area contributed by atoms with E-state index in [1.165, 1.54) is 38.5 Å². The van der Waals surface area contributed by atoms with Gasteiger partial charge in [-0.2, -0.15) is 0 Å². The highest BCUT2D eigenvalue weighted by molar-refractivity contribution is 5.77. The summed E-state index contributed by atoms with van der Waals surface area (Å²) in [6, 6.07) is 0.631. The summed E-state index contributed by atoms with van der Waals surface area (Å²) in [6.07, 6.45) is 7.73. The van der Waals surface area contributed by atoms with E-state index in [2.05, 4.69) is 15.5 Å². The Morgan fingerprint density at radius 1 is 1.22 bits per heavy atom. The molecule has 4 heteroatoms. The van der Waals surface area contributed by atoms with Gasteiger partial charge in [-0.25, -0.2) is 0 Å². The summed E-state index contributed by atoms with van der Waals surface area (Å²) in [5, 5.41) is 6.20. The molecule has 2 fully saturated rings. The molecule has 0 aliphatic carbocycles. The molecule has 2 rings (SSSR count). The van der Waals surface area contributed by atoms with Crippen molar-refractivity contribution in [3.05, 3.63) is 0 Å². The summed E-state index contributed by atoms with van der Waals surface area (Å²) in [6.45, 7) is 3.98. The third-order valence-electron chi connectivity index (χ3n) is 4.47. The number of nitrogens with zero attached hydrogens (tertiary/aromatic N) is 1. The average Bonchev–Trinajstić information content (AvgIpc) is 2.65. The topological polar surface area (TPSA) is 44.4 Å². The molecule has 2 N–H and O–H groups in total. The van der Waals surface area contributed by atoms with Crippen molar-refractivity contribution < 1.29 is 4.79 Å². The van der Waals surface area contributed by atoms with Crippen LogP contribution in [0.3, 0.4) is 0 Å². The zero-order valence-corrected chi connectivity index (χ0v) is 11.6. The van der Waals surface area contributed by atoms with E-state index in [4.69, 9.17) is 0 Å². The molecule has 104 valence electrons. The van der Waals surface area contributed by atoms with Gasteiger partial charge in [0.15, 0.2) is 0 Å². The SMILES string of the molecule is CNC(=O)CN1CCCCCC1C1CCNCC1. The van der Waals surface area contributed by atoms with Crippen molar-refractivity contribution in [3.8, 4) is 0 Å². The van der Waals surface area contributed by atoms with Crippen LogP contribution in [0.1, 0.15) is 38.5 Å². The zero-order chi connectivity index (χ0) is 12.8. The fourth-order valence-corrected chi connectivity index (χ4v) is 3.42. The van der Waals surface area contributed by atoms with Crippen molar-refractivity contribution in [2.24, 2.45) is 5.92 Å². The average molecular weight is 253 g/mol. The van der Waals surface area contributed by atoms with E-state index in [1.807, 2.05) is 0 Å². The molecular formula is C14H27N3O. The molecule has 0 spiro atoms. The molecular weight excluding hydrogens is 226 g/mol. The molecule has 0 saturated carbocycles. The van der Waals surface area contributed by atoms with Gasteiger partial charge in [0.2, 0.25) is 5.91 Å². The number of hydrogen-bond donors (Lipinski definition) is 2. The Hall–Kier alpha value is -0.610. The van der Waals surface area contributed by atoms with Crippen molar-refractivity contribution in [2.45, 2.75) is 44.6 Å². The summed E-state index contributed by atoms with van der Waals surface area (Å²) in [4.78, 5) is 14.1. The number of carbonyl (C=O) groups is 1. The molecule has 0 aromatic heterocycles. The van der Waals surface area contributed by atoms with E-state index in [-0.39, 0.29) is 5.91 Å². The van der Waals surface area contributed by atoms with E-state index in [0.717, 1.165) is 25.6 Å². The van der Waals surface area contributed by atoms with Crippen molar-refractivity contribution in [1.82, 2.24) is 15.5 Å². The number of carbonyl (C=O) groups excluding carboxylic acids is 1. The number of nitrogens with one attached hydrogen (secondary N) is 2. The molecule has 0 aromatic carbocycles.